The summed E-state index contributed by atoms with van der Waals surface area (Å²) in [5, 5.41) is 10.8. The molecule has 0 aliphatic heterocycles. The molecule has 0 saturated carbocycles. The third-order valence-corrected chi connectivity index (χ3v) is 4.00. The minimum absolute atomic E-state index is 0.0807. The van der Waals surface area contributed by atoms with Crippen molar-refractivity contribution < 1.29 is 23.9 Å². The minimum Gasteiger partial charge on any atom is -0.444 e. The highest BCUT2D eigenvalue weighted by molar-refractivity contribution is 9.09. The highest BCUT2D eigenvalue weighted by Crippen LogP contribution is 2.06. The van der Waals surface area contributed by atoms with Crippen LogP contribution in [0.3, 0.4) is 0 Å². The molecule has 0 bridgehead atoms. The third kappa shape index (κ3) is 14.4. The normalized spacial score (nSPS) is 11.9. The topological polar surface area (TPSA) is 126 Å². The van der Waals surface area contributed by atoms with Gasteiger partial charge in [-0.1, -0.05) is 31.9 Å². The Morgan fingerprint density at radius 2 is 1.48 bits per heavy atom. The molecule has 0 aromatic rings. The number of hydrogen-bond acceptors (Lipinski definition) is 5. The number of alkyl carbamates (subject to hydrolysis) is 1. The lowest BCUT2D eigenvalue weighted by atomic mass is 10.1. The van der Waals surface area contributed by atoms with E-state index >= 15 is 0 Å². The molecule has 0 aliphatic rings. The maximum Gasteiger partial charge on any atom is 0.407 e. The molecule has 4 amide bonds. The van der Waals surface area contributed by atoms with Crippen LogP contribution in [0.1, 0.15) is 33.6 Å². The van der Waals surface area contributed by atoms with Crippen LogP contribution >= 0.6 is 31.9 Å². The van der Waals surface area contributed by atoms with Crippen molar-refractivity contribution in [2.45, 2.75) is 45.3 Å². The summed E-state index contributed by atoms with van der Waals surface area (Å²) in [6, 6.07) is -0.725. The van der Waals surface area contributed by atoms with Crippen LogP contribution in [-0.2, 0) is 19.1 Å². The summed E-state index contributed by atoms with van der Waals surface area (Å²) >= 11 is 6.08. The summed E-state index contributed by atoms with van der Waals surface area (Å²) in [6.07, 6.45) is 0.325. The number of ether oxygens (including phenoxy) is 1. The van der Waals surface area contributed by atoms with Gasteiger partial charge in [-0.2, -0.15) is 0 Å². The van der Waals surface area contributed by atoms with Gasteiger partial charge in [0.2, 0.25) is 17.7 Å². The Morgan fingerprint density at radius 1 is 0.889 bits per heavy atom. The van der Waals surface area contributed by atoms with Crippen molar-refractivity contribution in [2.75, 3.05) is 30.3 Å². The number of amides is 4. The summed E-state index contributed by atoms with van der Waals surface area (Å²) in [4.78, 5) is 46.6. The van der Waals surface area contributed by atoms with Crippen molar-refractivity contribution in [1.29, 1.82) is 0 Å². The fraction of sp³-hybridized carbons (Fsp3) is 0.750. The Hall–Kier alpha value is -1.36. The molecule has 0 rings (SSSR count). The molecule has 4 N–H and O–H groups in total. The number of rotatable bonds is 11. The van der Waals surface area contributed by atoms with Crippen molar-refractivity contribution >= 4 is 55.7 Å². The number of nitrogens with one attached hydrogen (secondary N) is 4. The van der Waals surface area contributed by atoms with E-state index in [-0.39, 0.29) is 41.5 Å². The van der Waals surface area contributed by atoms with Crippen LogP contribution in [0.25, 0.3) is 0 Å². The average Bonchev–Trinajstić information content (AvgIpc) is 2.58. The number of halogens is 2. The van der Waals surface area contributed by atoms with Crippen LogP contribution in [0.15, 0.2) is 0 Å². The largest absolute Gasteiger partial charge is 0.444 e. The van der Waals surface area contributed by atoms with Crippen LogP contribution < -0.4 is 21.3 Å². The van der Waals surface area contributed by atoms with Gasteiger partial charge in [-0.15, -0.1) is 0 Å². The molecule has 9 nitrogen and oxygen atoms in total. The van der Waals surface area contributed by atoms with Gasteiger partial charge in [0, 0.05) is 19.6 Å². The first-order chi connectivity index (χ1) is 12.6. The molecular formula is C16H28Br2N4O5. The molecule has 0 heterocycles. The second-order valence-electron chi connectivity index (χ2n) is 6.60. The van der Waals surface area contributed by atoms with Gasteiger partial charge in [0.25, 0.3) is 0 Å². The predicted molar refractivity (Wildman–Crippen MR) is 109 cm³/mol. The van der Waals surface area contributed by atoms with Crippen molar-refractivity contribution in [3.05, 3.63) is 0 Å². The smallest absolute Gasteiger partial charge is 0.407 e. The van der Waals surface area contributed by atoms with Crippen molar-refractivity contribution in [1.82, 2.24) is 21.3 Å². The Kier molecular flexibility index (Phi) is 13.1. The zero-order valence-corrected chi connectivity index (χ0v) is 19.0. The van der Waals surface area contributed by atoms with Gasteiger partial charge in [-0.3, -0.25) is 14.4 Å². The maximum absolute atomic E-state index is 12.3. The molecule has 0 aromatic heterocycles. The Balaban J connectivity index is 4.31. The Morgan fingerprint density at radius 3 is 2.04 bits per heavy atom. The summed E-state index contributed by atoms with van der Waals surface area (Å²) < 4.78 is 5.09. The molecule has 0 fully saturated rings. The second kappa shape index (κ2) is 13.8. The molecule has 0 saturated heterocycles. The first-order valence-corrected chi connectivity index (χ1v) is 10.8. The lowest BCUT2D eigenvalue weighted by molar-refractivity contribution is -0.128. The van der Waals surface area contributed by atoms with Crippen LogP contribution in [0, 0.1) is 0 Å². The van der Waals surface area contributed by atoms with Crippen molar-refractivity contribution in [2.24, 2.45) is 0 Å². The van der Waals surface area contributed by atoms with E-state index in [0.29, 0.717) is 19.4 Å². The summed E-state index contributed by atoms with van der Waals surface area (Å²) in [5.41, 5.74) is -0.595. The average molecular weight is 516 g/mol. The van der Waals surface area contributed by atoms with Crippen LogP contribution in [0.5, 0.6) is 0 Å². The quantitative estimate of drug-likeness (QED) is 0.239. The van der Waals surface area contributed by atoms with E-state index < -0.39 is 17.7 Å². The van der Waals surface area contributed by atoms with E-state index in [0.717, 1.165) is 0 Å². The van der Waals surface area contributed by atoms with Gasteiger partial charge in [0.05, 0.1) is 10.7 Å². The molecule has 1 atom stereocenters. The number of carbonyl (C=O) groups excluding carboxylic acids is 4. The molecule has 156 valence electrons. The zero-order valence-electron chi connectivity index (χ0n) is 15.8. The molecule has 27 heavy (non-hydrogen) atoms. The summed E-state index contributed by atoms with van der Waals surface area (Å²) in [7, 11) is 0. The maximum atomic E-state index is 12.3. The van der Waals surface area contributed by atoms with Crippen LogP contribution in [0.2, 0.25) is 0 Å². The monoisotopic (exact) mass is 514 g/mol. The highest BCUT2D eigenvalue weighted by atomic mass is 79.9. The highest BCUT2D eigenvalue weighted by Gasteiger charge is 2.20. The SMILES string of the molecule is CC(C)(C)OC(=O)NCCNC(=O)[C@H](CCCNC(=O)CBr)NC(=O)CBr. The standard InChI is InChI=1S/C16H28Br2N4O5/c1-16(2,3)27-15(26)21-8-7-20-14(25)11(22-13(24)10-18)5-4-6-19-12(23)9-17/h11H,4-10H2,1-3H3,(H,19,23)(H,20,25)(H,21,26)(H,22,24)/t11-/m0/s1. The van der Waals surface area contributed by atoms with E-state index in [9.17, 15) is 19.2 Å². The van der Waals surface area contributed by atoms with Crippen molar-refractivity contribution in [3.8, 4) is 0 Å². The van der Waals surface area contributed by atoms with Gasteiger partial charge in [0.15, 0.2) is 0 Å². The molecule has 0 spiro atoms. The van der Waals surface area contributed by atoms with Crippen molar-refractivity contribution in [3.63, 3.8) is 0 Å². The minimum atomic E-state index is -0.725. The van der Waals surface area contributed by atoms with E-state index in [1.54, 1.807) is 20.8 Å². The molecule has 0 aromatic carbocycles. The second-order valence-corrected chi connectivity index (χ2v) is 7.72. The summed E-state index contributed by atoms with van der Waals surface area (Å²) in [5.74, 6) is -0.817. The lowest BCUT2D eigenvalue weighted by Gasteiger charge is -2.20. The van der Waals surface area contributed by atoms with Gasteiger partial charge < -0.3 is 26.0 Å². The molecule has 0 aliphatic carbocycles. The summed E-state index contributed by atoms with van der Waals surface area (Å²) in [6.45, 7) is 6.06. The molecule has 0 radical (unpaired) electrons. The Labute approximate surface area is 176 Å². The molecular weight excluding hydrogens is 488 g/mol. The predicted octanol–water partition coefficient (Wildman–Crippen LogP) is 0.798. The first-order valence-electron chi connectivity index (χ1n) is 8.51. The van der Waals surface area contributed by atoms with Gasteiger partial charge in [-0.25, -0.2) is 4.79 Å². The van der Waals surface area contributed by atoms with Gasteiger partial charge >= 0.3 is 6.09 Å². The van der Waals surface area contributed by atoms with E-state index in [2.05, 4.69) is 53.1 Å². The van der Waals surface area contributed by atoms with E-state index in [1.807, 2.05) is 0 Å². The number of alkyl halides is 2. The Bertz CT molecular complexity index is 512. The van der Waals surface area contributed by atoms with E-state index in [4.69, 9.17) is 4.74 Å². The first kappa shape index (κ1) is 25.6. The number of hydrogen-bond donors (Lipinski definition) is 4. The third-order valence-electron chi connectivity index (χ3n) is 2.98. The fourth-order valence-electron chi connectivity index (χ4n) is 1.87. The van der Waals surface area contributed by atoms with Crippen LogP contribution in [-0.4, -0.2) is 65.8 Å². The number of carbonyl (C=O) groups is 4. The van der Waals surface area contributed by atoms with Crippen LogP contribution in [0.4, 0.5) is 4.79 Å². The van der Waals surface area contributed by atoms with E-state index in [1.165, 1.54) is 0 Å². The lowest BCUT2D eigenvalue weighted by Crippen LogP contribution is -2.49. The zero-order chi connectivity index (χ0) is 20.9. The van der Waals surface area contributed by atoms with Gasteiger partial charge in [0.1, 0.15) is 11.6 Å². The fourth-order valence-corrected chi connectivity index (χ4v) is 2.23. The van der Waals surface area contributed by atoms with Gasteiger partial charge in [-0.05, 0) is 33.6 Å². The molecule has 11 heteroatoms. The molecule has 0 unspecified atom stereocenters.